The van der Waals surface area contributed by atoms with Crippen molar-refractivity contribution in [2.45, 2.75) is 46.1 Å². The van der Waals surface area contributed by atoms with Crippen LogP contribution in [0.4, 0.5) is 0 Å². The smallest absolute Gasteiger partial charge is 0.191 e. The van der Waals surface area contributed by atoms with Gasteiger partial charge >= 0.3 is 0 Å². The molecule has 0 aliphatic heterocycles. The lowest BCUT2D eigenvalue weighted by Crippen LogP contribution is -2.37. The van der Waals surface area contributed by atoms with E-state index in [0.29, 0.717) is 25.7 Å². The van der Waals surface area contributed by atoms with E-state index in [1.54, 1.807) is 18.4 Å². The molecule has 1 rings (SSSR count). The lowest BCUT2D eigenvalue weighted by Gasteiger charge is -2.11. The van der Waals surface area contributed by atoms with Gasteiger partial charge in [0.1, 0.15) is 5.01 Å². The zero-order valence-corrected chi connectivity index (χ0v) is 19.0. The van der Waals surface area contributed by atoms with Gasteiger partial charge in [0.05, 0.1) is 25.5 Å². The lowest BCUT2D eigenvalue weighted by atomic mass is 10.2. The van der Waals surface area contributed by atoms with Crippen LogP contribution in [-0.4, -0.2) is 51.0 Å². The number of aliphatic imine (C=N–C) groups is 1. The number of hydrogen-bond donors (Lipinski definition) is 2. The summed E-state index contributed by atoms with van der Waals surface area (Å²) >= 11 is 1.68. The first-order valence-electron chi connectivity index (χ1n) is 8.70. The molecule has 6 nitrogen and oxygen atoms in total. The number of hydrogen-bond acceptors (Lipinski definition) is 5. The highest BCUT2D eigenvalue weighted by Crippen LogP contribution is 2.18. The molecule has 0 amide bonds. The average molecular weight is 484 g/mol. The minimum atomic E-state index is 0. The van der Waals surface area contributed by atoms with E-state index in [0.717, 1.165) is 49.2 Å². The predicted molar refractivity (Wildman–Crippen MR) is 116 cm³/mol. The lowest BCUT2D eigenvalue weighted by molar-refractivity contribution is 0.0689. The molecule has 8 heteroatoms. The van der Waals surface area contributed by atoms with Gasteiger partial charge < -0.3 is 20.1 Å². The van der Waals surface area contributed by atoms with Crippen molar-refractivity contribution >= 4 is 41.3 Å². The Morgan fingerprint density at radius 3 is 2.68 bits per heavy atom. The van der Waals surface area contributed by atoms with Crippen molar-refractivity contribution in [2.75, 3.05) is 40.0 Å². The summed E-state index contributed by atoms with van der Waals surface area (Å²) in [6.07, 6.45) is 2.08. The highest BCUT2D eigenvalue weighted by Gasteiger charge is 2.05. The summed E-state index contributed by atoms with van der Waals surface area (Å²) in [6.45, 7) is 10.8. The Labute approximate surface area is 173 Å². The average Bonchev–Trinajstić information content (AvgIpc) is 3.04. The van der Waals surface area contributed by atoms with Gasteiger partial charge in [-0.05, 0) is 25.7 Å². The van der Waals surface area contributed by atoms with Crippen LogP contribution in [0, 0.1) is 0 Å². The van der Waals surface area contributed by atoms with E-state index in [2.05, 4.69) is 46.8 Å². The van der Waals surface area contributed by atoms with Crippen molar-refractivity contribution in [3.05, 3.63) is 16.1 Å². The minimum Gasteiger partial charge on any atom is -0.382 e. The summed E-state index contributed by atoms with van der Waals surface area (Å²) in [4.78, 5) is 9.23. The van der Waals surface area contributed by atoms with Gasteiger partial charge in [-0.1, -0.05) is 13.8 Å². The van der Waals surface area contributed by atoms with Gasteiger partial charge in [-0.2, -0.15) is 0 Å². The van der Waals surface area contributed by atoms with Crippen molar-refractivity contribution in [3.63, 3.8) is 0 Å². The quantitative estimate of drug-likeness (QED) is 0.206. The summed E-state index contributed by atoms with van der Waals surface area (Å²) in [5.74, 6) is 1.32. The summed E-state index contributed by atoms with van der Waals surface area (Å²) in [5, 5.41) is 9.81. The summed E-state index contributed by atoms with van der Waals surface area (Å²) < 4.78 is 10.4. The molecule has 146 valence electrons. The number of methoxy groups -OCH3 is 1. The third-order valence-electron chi connectivity index (χ3n) is 3.32. The van der Waals surface area contributed by atoms with Crippen molar-refractivity contribution in [2.24, 2.45) is 4.99 Å². The Kier molecular flexibility index (Phi) is 15.5. The number of nitrogens with one attached hydrogen (secondary N) is 2. The molecule has 0 spiro atoms. The predicted octanol–water partition coefficient (Wildman–Crippen LogP) is 3.38. The van der Waals surface area contributed by atoms with Crippen molar-refractivity contribution < 1.29 is 9.47 Å². The fourth-order valence-corrected chi connectivity index (χ4v) is 2.81. The zero-order chi connectivity index (χ0) is 17.6. The van der Waals surface area contributed by atoms with E-state index >= 15 is 0 Å². The molecule has 0 saturated carbocycles. The summed E-state index contributed by atoms with van der Waals surface area (Å²) in [6, 6.07) is 0. The van der Waals surface area contributed by atoms with Gasteiger partial charge in [0, 0.05) is 32.2 Å². The molecule has 1 heterocycles. The van der Waals surface area contributed by atoms with Crippen LogP contribution in [0.25, 0.3) is 0 Å². The number of aromatic nitrogens is 1. The largest absolute Gasteiger partial charge is 0.382 e. The molecule has 0 unspecified atom stereocenters. The second-order valence-corrected chi connectivity index (χ2v) is 6.70. The number of rotatable bonds is 12. The Balaban J connectivity index is 0.00000576. The number of guanidine groups is 1. The molecule has 1 aromatic rings. The minimum absolute atomic E-state index is 0. The van der Waals surface area contributed by atoms with E-state index in [-0.39, 0.29) is 24.0 Å². The topological polar surface area (TPSA) is 67.8 Å². The number of unbranched alkanes of at least 4 members (excludes halogenated alkanes) is 1. The second kappa shape index (κ2) is 15.8. The van der Waals surface area contributed by atoms with E-state index in [4.69, 9.17) is 9.47 Å². The molecule has 0 aromatic carbocycles. The molecule has 0 aliphatic carbocycles. The van der Waals surface area contributed by atoms with Crippen LogP contribution in [-0.2, 0) is 16.0 Å². The number of ether oxygens (including phenoxy) is 2. The van der Waals surface area contributed by atoms with E-state index in [1.807, 2.05) is 0 Å². The second-order valence-electron chi connectivity index (χ2n) is 5.76. The van der Waals surface area contributed by atoms with Gasteiger partial charge in [0.25, 0.3) is 0 Å². The standard InChI is InChI=1S/C17H32N4O2S.HI/c1-5-18-17(19-8-6-7-9-23-11-10-22-4)20-12-16-21-15(13-24-16)14(2)3;/h13-14H,5-12H2,1-4H3,(H2,18,19,20);1H. The molecule has 2 N–H and O–H groups in total. The maximum atomic E-state index is 5.45. The molecule has 0 fully saturated rings. The fourth-order valence-electron chi connectivity index (χ4n) is 1.93. The maximum absolute atomic E-state index is 5.45. The highest BCUT2D eigenvalue weighted by atomic mass is 127. The van der Waals surface area contributed by atoms with Crippen LogP contribution in [0.2, 0.25) is 0 Å². The van der Waals surface area contributed by atoms with E-state index < -0.39 is 0 Å². The van der Waals surface area contributed by atoms with Gasteiger partial charge in [-0.25, -0.2) is 9.98 Å². The van der Waals surface area contributed by atoms with Crippen molar-refractivity contribution in [1.82, 2.24) is 15.6 Å². The third kappa shape index (κ3) is 11.7. The zero-order valence-electron chi connectivity index (χ0n) is 15.8. The van der Waals surface area contributed by atoms with E-state index in [9.17, 15) is 0 Å². The molecule has 0 bridgehead atoms. The van der Waals surface area contributed by atoms with Crippen molar-refractivity contribution in [1.29, 1.82) is 0 Å². The van der Waals surface area contributed by atoms with Crippen LogP contribution < -0.4 is 10.6 Å². The molecule has 1 aromatic heterocycles. The number of halogens is 1. The number of thiazole rings is 1. The van der Waals surface area contributed by atoms with Crippen LogP contribution in [0.1, 0.15) is 50.2 Å². The van der Waals surface area contributed by atoms with Crippen LogP contribution in [0.15, 0.2) is 10.4 Å². The fraction of sp³-hybridized carbons (Fsp3) is 0.765. The van der Waals surface area contributed by atoms with Gasteiger partial charge in [0.15, 0.2) is 5.96 Å². The maximum Gasteiger partial charge on any atom is 0.191 e. The first-order chi connectivity index (χ1) is 11.7. The molecular formula is C17H33IN4O2S. The van der Waals surface area contributed by atoms with Gasteiger partial charge in [0.2, 0.25) is 0 Å². The van der Waals surface area contributed by atoms with Crippen LogP contribution in [0.5, 0.6) is 0 Å². The van der Waals surface area contributed by atoms with E-state index in [1.165, 1.54) is 0 Å². The summed E-state index contributed by atoms with van der Waals surface area (Å²) in [7, 11) is 1.68. The van der Waals surface area contributed by atoms with Gasteiger partial charge in [-0.3, -0.25) is 0 Å². The van der Waals surface area contributed by atoms with Crippen LogP contribution >= 0.6 is 35.3 Å². The highest BCUT2D eigenvalue weighted by molar-refractivity contribution is 14.0. The number of nitrogens with zero attached hydrogens (tertiary/aromatic N) is 2. The Hall–Kier alpha value is -0.450. The monoisotopic (exact) mass is 484 g/mol. The third-order valence-corrected chi connectivity index (χ3v) is 4.17. The first kappa shape index (κ1) is 24.6. The molecule has 25 heavy (non-hydrogen) atoms. The SMILES string of the molecule is CCNC(=NCc1nc(C(C)C)cs1)NCCCCOCCOC.I. The normalized spacial score (nSPS) is 11.5. The Bertz CT molecular complexity index is 469. The first-order valence-corrected chi connectivity index (χ1v) is 9.58. The molecular weight excluding hydrogens is 451 g/mol. The molecule has 0 atom stereocenters. The molecule has 0 radical (unpaired) electrons. The van der Waals surface area contributed by atoms with Crippen molar-refractivity contribution in [3.8, 4) is 0 Å². The van der Waals surface area contributed by atoms with Gasteiger partial charge in [-0.15, -0.1) is 35.3 Å². The molecule has 0 aliphatic rings. The summed E-state index contributed by atoms with van der Waals surface area (Å²) in [5.41, 5.74) is 1.15. The Morgan fingerprint density at radius 1 is 1.24 bits per heavy atom. The van der Waals surface area contributed by atoms with Crippen LogP contribution in [0.3, 0.4) is 0 Å². The molecule has 0 saturated heterocycles. The Morgan fingerprint density at radius 2 is 2.04 bits per heavy atom.